The smallest absolute Gasteiger partial charge is 0.109 e. The molecule has 0 amide bonds. The van der Waals surface area contributed by atoms with E-state index < -0.39 is 0 Å². The highest BCUT2D eigenvalue weighted by atomic mass is 15.3. The van der Waals surface area contributed by atoms with Crippen molar-refractivity contribution in [3.63, 3.8) is 0 Å². The molecule has 0 spiro atoms. The summed E-state index contributed by atoms with van der Waals surface area (Å²) in [5.41, 5.74) is 0.245. The lowest BCUT2D eigenvalue weighted by Gasteiger charge is -2.46. The van der Waals surface area contributed by atoms with Gasteiger partial charge in [0.2, 0.25) is 0 Å². The number of nitrogens with zero attached hydrogens (tertiary/aromatic N) is 3. The van der Waals surface area contributed by atoms with Gasteiger partial charge in [-0.3, -0.25) is 4.90 Å². The zero-order valence-electron chi connectivity index (χ0n) is 12.8. The molecule has 0 aliphatic carbocycles. The molecule has 1 N–H and O–H groups in total. The van der Waals surface area contributed by atoms with Crippen LogP contribution in [0, 0.1) is 0 Å². The quantitative estimate of drug-likeness (QED) is 0.880. The lowest BCUT2D eigenvalue weighted by Crippen LogP contribution is -2.62. The number of hydrogen-bond donors (Lipinski definition) is 1. The lowest BCUT2D eigenvalue weighted by atomic mass is 9.95. The first kappa shape index (κ1) is 14.5. The van der Waals surface area contributed by atoms with E-state index in [4.69, 9.17) is 0 Å². The van der Waals surface area contributed by atoms with Crippen LogP contribution in [0.2, 0.25) is 0 Å². The standard InChI is InChI=1S/C15H28N4/c1-5-6-13-11-19(15(2,3)12-17-13)9-7-14-16-8-10-18(14)4/h8,10,13,17H,5-7,9,11-12H2,1-4H3. The van der Waals surface area contributed by atoms with E-state index in [1.807, 2.05) is 12.4 Å². The van der Waals surface area contributed by atoms with Crippen molar-refractivity contribution in [1.29, 1.82) is 0 Å². The van der Waals surface area contributed by atoms with Crippen LogP contribution in [0.3, 0.4) is 0 Å². The van der Waals surface area contributed by atoms with Gasteiger partial charge in [0, 0.05) is 57.1 Å². The number of aryl methyl sites for hydroxylation is 1. The topological polar surface area (TPSA) is 33.1 Å². The van der Waals surface area contributed by atoms with E-state index in [9.17, 15) is 0 Å². The summed E-state index contributed by atoms with van der Waals surface area (Å²) in [5, 5.41) is 3.68. The second-order valence-corrected chi connectivity index (χ2v) is 6.33. The molecule has 0 saturated carbocycles. The van der Waals surface area contributed by atoms with Crippen LogP contribution in [0.4, 0.5) is 0 Å². The molecule has 1 saturated heterocycles. The van der Waals surface area contributed by atoms with Crippen molar-refractivity contribution in [3.05, 3.63) is 18.2 Å². The molecule has 0 bridgehead atoms. The summed E-state index contributed by atoms with van der Waals surface area (Å²) in [4.78, 5) is 7.05. The molecule has 1 aliphatic heterocycles. The summed E-state index contributed by atoms with van der Waals surface area (Å²) < 4.78 is 2.12. The Hall–Kier alpha value is -0.870. The van der Waals surface area contributed by atoms with Crippen LogP contribution in [0.25, 0.3) is 0 Å². The van der Waals surface area contributed by atoms with Crippen LogP contribution < -0.4 is 5.32 Å². The first-order valence-electron chi connectivity index (χ1n) is 7.47. The van der Waals surface area contributed by atoms with Gasteiger partial charge >= 0.3 is 0 Å². The molecular weight excluding hydrogens is 236 g/mol. The number of aromatic nitrogens is 2. The van der Waals surface area contributed by atoms with Gasteiger partial charge in [-0.15, -0.1) is 0 Å². The van der Waals surface area contributed by atoms with E-state index >= 15 is 0 Å². The molecule has 4 nitrogen and oxygen atoms in total. The fourth-order valence-corrected chi connectivity index (χ4v) is 2.89. The SMILES string of the molecule is CCCC1CN(CCc2nccn2C)C(C)(C)CN1. The second-order valence-electron chi connectivity index (χ2n) is 6.33. The van der Waals surface area contributed by atoms with Crippen molar-refractivity contribution in [2.75, 3.05) is 19.6 Å². The van der Waals surface area contributed by atoms with E-state index in [2.05, 4.69) is 47.6 Å². The Morgan fingerprint density at radius 1 is 1.47 bits per heavy atom. The molecular formula is C15H28N4. The van der Waals surface area contributed by atoms with Gasteiger partial charge in [-0.05, 0) is 20.3 Å². The molecule has 1 aromatic heterocycles. The highest BCUT2D eigenvalue weighted by Gasteiger charge is 2.33. The van der Waals surface area contributed by atoms with Crippen LogP contribution in [-0.2, 0) is 13.5 Å². The Labute approximate surface area is 117 Å². The maximum absolute atomic E-state index is 4.42. The van der Waals surface area contributed by atoms with Crippen LogP contribution in [-0.4, -0.2) is 45.7 Å². The molecule has 19 heavy (non-hydrogen) atoms. The number of hydrogen-bond acceptors (Lipinski definition) is 3. The molecule has 2 heterocycles. The number of imidazole rings is 1. The monoisotopic (exact) mass is 264 g/mol. The average Bonchev–Trinajstić information content (AvgIpc) is 2.76. The fourth-order valence-electron chi connectivity index (χ4n) is 2.89. The predicted molar refractivity (Wildman–Crippen MR) is 79.3 cm³/mol. The summed E-state index contributed by atoms with van der Waals surface area (Å²) in [6.07, 6.45) is 7.47. The molecule has 1 aromatic rings. The minimum atomic E-state index is 0.245. The molecule has 0 aromatic carbocycles. The van der Waals surface area contributed by atoms with Gasteiger partial charge in [0.05, 0.1) is 0 Å². The minimum Gasteiger partial charge on any atom is -0.338 e. The van der Waals surface area contributed by atoms with Crippen molar-refractivity contribution >= 4 is 0 Å². The Balaban J connectivity index is 1.93. The predicted octanol–water partition coefficient (Wildman–Crippen LogP) is 1.82. The van der Waals surface area contributed by atoms with Crippen molar-refractivity contribution in [2.45, 2.75) is 51.6 Å². The van der Waals surface area contributed by atoms with Gasteiger partial charge in [-0.25, -0.2) is 4.98 Å². The largest absolute Gasteiger partial charge is 0.338 e. The van der Waals surface area contributed by atoms with Crippen LogP contribution in [0.1, 0.15) is 39.4 Å². The van der Waals surface area contributed by atoms with E-state index in [1.54, 1.807) is 0 Å². The van der Waals surface area contributed by atoms with Crippen LogP contribution in [0.5, 0.6) is 0 Å². The normalized spacial score (nSPS) is 23.7. The molecule has 1 fully saturated rings. The Kier molecular flexibility index (Phi) is 4.63. The third-order valence-electron chi connectivity index (χ3n) is 4.28. The van der Waals surface area contributed by atoms with Crippen molar-refractivity contribution in [3.8, 4) is 0 Å². The van der Waals surface area contributed by atoms with Gasteiger partial charge in [-0.1, -0.05) is 13.3 Å². The van der Waals surface area contributed by atoms with Crippen molar-refractivity contribution in [1.82, 2.24) is 19.8 Å². The third-order valence-corrected chi connectivity index (χ3v) is 4.28. The van der Waals surface area contributed by atoms with E-state index in [0.717, 1.165) is 26.1 Å². The Bertz CT molecular complexity index is 397. The van der Waals surface area contributed by atoms with Crippen molar-refractivity contribution in [2.24, 2.45) is 7.05 Å². The first-order valence-corrected chi connectivity index (χ1v) is 7.47. The third kappa shape index (κ3) is 3.57. The van der Waals surface area contributed by atoms with Crippen molar-refractivity contribution < 1.29 is 0 Å². The zero-order valence-corrected chi connectivity index (χ0v) is 12.8. The molecule has 0 radical (unpaired) electrons. The summed E-state index contributed by atoms with van der Waals surface area (Å²) in [7, 11) is 2.07. The number of piperazine rings is 1. The van der Waals surface area contributed by atoms with Crippen LogP contribution >= 0.6 is 0 Å². The van der Waals surface area contributed by atoms with Gasteiger partial charge < -0.3 is 9.88 Å². The van der Waals surface area contributed by atoms with Crippen LogP contribution in [0.15, 0.2) is 12.4 Å². The zero-order chi connectivity index (χ0) is 13.9. The lowest BCUT2D eigenvalue weighted by molar-refractivity contribution is 0.0644. The summed E-state index contributed by atoms with van der Waals surface area (Å²) in [6, 6.07) is 0.652. The van der Waals surface area contributed by atoms with Gasteiger partial charge in [0.15, 0.2) is 0 Å². The molecule has 2 rings (SSSR count). The van der Waals surface area contributed by atoms with Gasteiger partial charge in [0.25, 0.3) is 0 Å². The summed E-state index contributed by atoms with van der Waals surface area (Å²) in [6.45, 7) is 10.3. The maximum atomic E-state index is 4.42. The molecule has 1 aliphatic rings. The van der Waals surface area contributed by atoms with E-state index in [-0.39, 0.29) is 5.54 Å². The van der Waals surface area contributed by atoms with E-state index in [1.165, 1.54) is 18.7 Å². The minimum absolute atomic E-state index is 0.245. The summed E-state index contributed by atoms with van der Waals surface area (Å²) >= 11 is 0. The molecule has 4 heteroatoms. The molecule has 108 valence electrons. The van der Waals surface area contributed by atoms with Gasteiger partial charge in [0.1, 0.15) is 5.82 Å². The molecule has 1 unspecified atom stereocenters. The Morgan fingerprint density at radius 3 is 2.89 bits per heavy atom. The highest BCUT2D eigenvalue weighted by molar-refractivity contribution is 4.96. The number of rotatable bonds is 5. The average molecular weight is 264 g/mol. The van der Waals surface area contributed by atoms with Gasteiger partial charge in [-0.2, -0.15) is 0 Å². The Morgan fingerprint density at radius 2 is 2.26 bits per heavy atom. The fraction of sp³-hybridized carbons (Fsp3) is 0.800. The summed E-state index contributed by atoms with van der Waals surface area (Å²) in [5.74, 6) is 1.18. The number of nitrogens with one attached hydrogen (secondary N) is 1. The highest BCUT2D eigenvalue weighted by Crippen LogP contribution is 2.20. The van der Waals surface area contributed by atoms with E-state index in [0.29, 0.717) is 6.04 Å². The molecule has 1 atom stereocenters. The second kappa shape index (κ2) is 6.06. The first-order chi connectivity index (χ1) is 9.03. The maximum Gasteiger partial charge on any atom is 0.109 e.